The summed E-state index contributed by atoms with van der Waals surface area (Å²) >= 11 is 0. The number of amides is 1. The first-order chi connectivity index (χ1) is 23.2. The van der Waals surface area contributed by atoms with E-state index >= 15 is 0 Å². The molecular formula is C33H29N7Na2O8. The van der Waals surface area contributed by atoms with Crippen molar-refractivity contribution < 1.29 is 95.4 Å². The van der Waals surface area contributed by atoms with Gasteiger partial charge in [-0.25, -0.2) is 24.4 Å². The predicted molar refractivity (Wildman–Crippen MR) is 173 cm³/mol. The summed E-state index contributed by atoms with van der Waals surface area (Å²) in [4.78, 5) is 90.1. The summed E-state index contributed by atoms with van der Waals surface area (Å²) in [6.07, 6.45) is 0.664. The maximum atomic E-state index is 13.1. The van der Waals surface area contributed by atoms with Gasteiger partial charge in [-0.1, -0.05) is 36.4 Å². The van der Waals surface area contributed by atoms with E-state index in [1.54, 1.807) is 48.5 Å². The summed E-state index contributed by atoms with van der Waals surface area (Å²) in [6.45, 7) is 0.185. The molecule has 3 aromatic carbocycles. The van der Waals surface area contributed by atoms with Gasteiger partial charge in [0, 0.05) is 17.7 Å². The molecule has 0 saturated heterocycles. The van der Waals surface area contributed by atoms with Crippen LogP contribution in [0.25, 0.3) is 11.2 Å². The SMILES string of the molecule is Nc1nc2ncc(CNc3ccc(C(=O)N[C@@H](CCC(=O)OC(=O)c4ccccc4)C(=O)OC(=O)c4ccccc4)cc3)nc2c(=O)[nH]1.[H-].[H-].[Na+].[Na+]. The summed E-state index contributed by atoms with van der Waals surface area (Å²) in [5.74, 6) is -4.64. The summed E-state index contributed by atoms with van der Waals surface area (Å²) in [7, 11) is 0. The van der Waals surface area contributed by atoms with Crippen LogP contribution >= 0.6 is 0 Å². The smallest absolute Gasteiger partial charge is 1.00 e. The first-order valence-electron chi connectivity index (χ1n) is 14.4. The van der Waals surface area contributed by atoms with Crippen LogP contribution in [0.4, 0.5) is 11.6 Å². The van der Waals surface area contributed by atoms with Gasteiger partial charge in [0.05, 0.1) is 29.6 Å². The van der Waals surface area contributed by atoms with Crippen molar-refractivity contribution in [1.82, 2.24) is 25.3 Å². The van der Waals surface area contributed by atoms with Crippen molar-refractivity contribution in [3.63, 3.8) is 0 Å². The molecule has 246 valence electrons. The average Bonchev–Trinajstić information content (AvgIpc) is 3.10. The summed E-state index contributed by atoms with van der Waals surface area (Å²) in [5.41, 5.74) is 6.60. The molecule has 0 saturated carbocycles. The number of ether oxygens (including phenoxy) is 2. The molecule has 2 heterocycles. The number of esters is 4. The van der Waals surface area contributed by atoms with Gasteiger partial charge >= 0.3 is 83.0 Å². The van der Waals surface area contributed by atoms with Crippen LogP contribution < -0.4 is 81.0 Å². The molecule has 2 aromatic heterocycles. The van der Waals surface area contributed by atoms with Gasteiger partial charge < -0.3 is 28.7 Å². The van der Waals surface area contributed by atoms with E-state index in [2.05, 4.69) is 30.6 Å². The maximum absolute atomic E-state index is 13.1. The van der Waals surface area contributed by atoms with Crippen LogP contribution in [0.15, 0.2) is 95.9 Å². The van der Waals surface area contributed by atoms with Crippen molar-refractivity contribution >= 4 is 52.6 Å². The molecule has 0 bridgehead atoms. The summed E-state index contributed by atoms with van der Waals surface area (Å²) in [5, 5.41) is 5.59. The van der Waals surface area contributed by atoms with Gasteiger partial charge in [-0.05, 0) is 55.0 Å². The number of carbonyl (C=O) groups is 5. The number of rotatable bonds is 11. The molecule has 5 aromatic rings. The number of nitrogen functional groups attached to an aromatic ring is 1. The molecule has 0 spiro atoms. The fourth-order valence-corrected chi connectivity index (χ4v) is 4.32. The van der Waals surface area contributed by atoms with Crippen LogP contribution in [0.5, 0.6) is 0 Å². The van der Waals surface area contributed by atoms with Crippen LogP contribution in [0.2, 0.25) is 0 Å². The van der Waals surface area contributed by atoms with E-state index in [9.17, 15) is 28.8 Å². The number of hydrogen-bond donors (Lipinski definition) is 4. The van der Waals surface area contributed by atoms with Crippen LogP contribution in [-0.2, 0) is 25.6 Å². The summed E-state index contributed by atoms with van der Waals surface area (Å²) in [6, 6.07) is 20.3. The van der Waals surface area contributed by atoms with E-state index in [1.807, 2.05) is 0 Å². The van der Waals surface area contributed by atoms with E-state index in [0.717, 1.165) is 0 Å². The van der Waals surface area contributed by atoms with Crippen molar-refractivity contribution in [3.05, 3.63) is 124 Å². The molecule has 5 N–H and O–H groups in total. The quantitative estimate of drug-likeness (QED) is 0.0607. The second-order valence-corrected chi connectivity index (χ2v) is 10.2. The Bertz CT molecular complexity index is 2060. The summed E-state index contributed by atoms with van der Waals surface area (Å²) < 4.78 is 9.84. The predicted octanol–water partition coefficient (Wildman–Crippen LogP) is -3.21. The van der Waals surface area contributed by atoms with Crippen molar-refractivity contribution in [2.45, 2.75) is 25.4 Å². The van der Waals surface area contributed by atoms with Gasteiger partial charge in [-0.15, -0.1) is 0 Å². The van der Waals surface area contributed by atoms with Crippen molar-refractivity contribution in [2.75, 3.05) is 11.1 Å². The van der Waals surface area contributed by atoms with Crippen molar-refractivity contribution in [3.8, 4) is 0 Å². The normalized spacial score (nSPS) is 10.8. The number of anilines is 2. The third-order valence-electron chi connectivity index (χ3n) is 6.75. The Hall–Kier alpha value is -4.77. The van der Waals surface area contributed by atoms with E-state index < -0.39 is 47.8 Å². The minimum absolute atomic E-state index is 0. The van der Waals surface area contributed by atoms with Gasteiger partial charge in [-0.2, -0.15) is 4.98 Å². The molecule has 0 aliphatic heterocycles. The molecule has 0 aliphatic carbocycles. The fourth-order valence-electron chi connectivity index (χ4n) is 4.32. The number of aromatic nitrogens is 4. The molecule has 0 radical (unpaired) electrons. The minimum Gasteiger partial charge on any atom is -1.00 e. The third kappa shape index (κ3) is 10.9. The first kappa shape index (κ1) is 39.7. The molecule has 0 unspecified atom stereocenters. The zero-order chi connectivity index (χ0) is 34.0. The Morgan fingerprint density at radius 1 is 0.800 bits per heavy atom. The number of aromatic amines is 1. The minimum atomic E-state index is -1.44. The standard InChI is InChI=1S/C33H27N7O8.2Na.2H/c34-33-39-27-26(29(43)40-33)37-23(18-36-27)17-35-22-13-11-19(12-14-22)28(42)38-24(32(46)48-31(45)21-9-5-2-6-10-21)15-16-25(41)47-30(44)20-7-3-1-4-8-20;;;;/h1-14,18,24,35H,15-17H2,(H,38,42)(H3,34,36,39,40,43);;;;/q;2*+1;2*-1/t24-;;;;/m0..../s1. The molecule has 17 heteroatoms. The number of nitrogens with zero attached hydrogens (tertiary/aromatic N) is 3. The van der Waals surface area contributed by atoms with Gasteiger partial charge in [0.1, 0.15) is 6.04 Å². The second kappa shape index (κ2) is 18.8. The molecule has 15 nitrogen and oxygen atoms in total. The number of hydrogen-bond acceptors (Lipinski definition) is 13. The largest absolute Gasteiger partial charge is 1.00 e. The van der Waals surface area contributed by atoms with Crippen molar-refractivity contribution in [1.29, 1.82) is 0 Å². The number of benzene rings is 3. The van der Waals surface area contributed by atoms with E-state index in [1.165, 1.54) is 42.6 Å². The zero-order valence-electron chi connectivity index (χ0n) is 29.0. The molecule has 50 heavy (non-hydrogen) atoms. The molecule has 1 atom stereocenters. The molecule has 0 aliphatic rings. The third-order valence-corrected chi connectivity index (χ3v) is 6.75. The Kier molecular flexibility index (Phi) is 14.9. The topological polar surface area (TPSA) is 225 Å². The van der Waals surface area contributed by atoms with Crippen LogP contribution in [0, 0.1) is 0 Å². The van der Waals surface area contributed by atoms with Crippen molar-refractivity contribution in [2.24, 2.45) is 0 Å². The van der Waals surface area contributed by atoms with Gasteiger partial charge in [-0.3, -0.25) is 19.4 Å². The number of nitrogens with two attached hydrogens (primary N) is 1. The number of nitrogens with one attached hydrogen (secondary N) is 3. The number of carbonyl (C=O) groups excluding carboxylic acids is 5. The molecule has 0 fully saturated rings. The average molecular weight is 698 g/mol. The van der Waals surface area contributed by atoms with Crippen LogP contribution in [-0.4, -0.2) is 55.8 Å². The molecule has 5 rings (SSSR count). The van der Waals surface area contributed by atoms with Gasteiger partial charge in [0.25, 0.3) is 11.5 Å². The van der Waals surface area contributed by atoms with Crippen LogP contribution in [0.1, 0.15) is 52.5 Å². The molecule has 1 amide bonds. The molecular weight excluding hydrogens is 668 g/mol. The second-order valence-electron chi connectivity index (χ2n) is 10.2. The Labute approximate surface area is 331 Å². The van der Waals surface area contributed by atoms with E-state index in [-0.39, 0.29) is 109 Å². The first-order valence-corrected chi connectivity index (χ1v) is 14.4. The van der Waals surface area contributed by atoms with Crippen LogP contribution in [0.3, 0.4) is 0 Å². The van der Waals surface area contributed by atoms with Gasteiger partial charge in [0.2, 0.25) is 5.95 Å². The van der Waals surface area contributed by atoms with E-state index in [4.69, 9.17) is 15.2 Å². The zero-order valence-corrected chi connectivity index (χ0v) is 31.0. The Balaban J connectivity index is 0.00000338. The fraction of sp³-hybridized carbons (Fsp3) is 0.121. The monoisotopic (exact) mass is 697 g/mol. The van der Waals surface area contributed by atoms with Gasteiger partial charge in [0.15, 0.2) is 11.2 Å². The number of H-pyrrole nitrogens is 1. The Morgan fingerprint density at radius 2 is 1.40 bits per heavy atom. The maximum Gasteiger partial charge on any atom is 1.00 e. The number of fused-ring (bicyclic) bond motifs is 1. The van der Waals surface area contributed by atoms with E-state index in [0.29, 0.717) is 11.4 Å². The Morgan fingerprint density at radius 3 is 2.02 bits per heavy atom.